The fourth-order valence-corrected chi connectivity index (χ4v) is 3.62. The zero-order chi connectivity index (χ0) is 15.2. The number of thiophene rings is 1. The first kappa shape index (κ1) is 15.6. The van der Waals surface area contributed by atoms with Gasteiger partial charge in [-0.2, -0.15) is 0 Å². The van der Waals surface area contributed by atoms with Gasteiger partial charge in [-0.05, 0) is 17.9 Å². The second-order valence-electron chi connectivity index (χ2n) is 5.12. The molecule has 1 aliphatic rings. The summed E-state index contributed by atoms with van der Waals surface area (Å²) >= 11 is 3.15. The Balaban J connectivity index is 1.51. The fraction of sp³-hybridized carbons (Fsp3) is 0.467. The molecule has 1 fully saturated rings. The number of aromatic nitrogens is 1. The molecule has 5 nitrogen and oxygen atoms in total. The standard InChI is InChI=1S/C15H18N2O3S2/c18-15(6-12-2-1-5-22-12)17-13-3-4-19-8-14(13)20-7-11-9-21-10-16-11/h1-2,5,9-10,13-14H,3-4,6-8H2,(H,17,18)/t13-,14-/m1/s1. The molecule has 3 heterocycles. The van der Waals surface area contributed by atoms with Crippen molar-refractivity contribution in [2.75, 3.05) is 13.2 Å². The van der Waals surface area contributed by atoms with Crippen LogP contribution in [0.25, 0.3) is 0 Å². The van der Waals surface area contributed by atoms with E-state index in [1.807, 2.05) is 22.9 Å². The molecular formula is C15H18N2O3S2. The highest BCUT2D eigenvalue weighted by atomic mass is 32.1. The van der Waals surface area contributed by atoms with Gasteiger partial charge >= 0.3 is 0 Å². The van der Waals surface area contributed by atoms with Gasteiger partial charge in [-0.1, -0.05) is 6.07 Å². The van der Waals surface area contributed by atoms with Crippen molar-refractivity contribution in [1.82, 2.24) is 10.3 Å². The molecule has 1 amide bonds. The number of carbonyl (C=O) groups is 1. The van der Waals surface area contributed by atoms with Crippen molar-refractivity contribution >= 4 is 28.6 Å². The first-order valence-electron chi connectivity index (χ1n) is 7.19. The summed E-state index contributed by atoms with van der Waals surface area (Å²) in [5.74, 6) is 0.0385. The van der Waals surface area contributed by atoms with Crippen LogP contribution in [0, 0.1) is 0 Å². The molecule has 0 saturated carbocycles. The Morgan fingerprint density at radius 1 is 1.55 bits per heavy atom. The Hall–Kier alpha value is -1.28. The number of ether oxygens (including phenoxy) is 2. The van der Waals surface area contributed by atoms with Crippen LogP contribution in [-0.4, -0.2) is 36.3 Å². The van der Waals surface area contributed by atoms with Crippen molar-refractivity contribution in [2.24, 2.45) is 0 Å². The van der Waals surface area contributed by atoms with E-state index < -0.39 is 0 Å². The SMILES string of the molecule is O=C(Cc1cccs1)N[C@@H]1CCOC[C@H]1OCc1cscn1. The van der Waals surface area contributed by atoms with Gasteiger partial charge in [0.25, 0.3) is 0 Å². The van der Waals surface area contributed by atoms with Gasteiger partial charge in [-0.3, -0.25) is 4.79 Å². The van der Waals surface area contributed by atoms with Gasteiger partial charge < -0.3 is 14.8 Å². The smallest absolute Gasteiger partial charge is 0.225 e. The predicted octanol–water partition coefficient (Wildman–Crippen LogP) is 2.24. The minimum absolute atomic E-state index is 0.000141. The first-order chi connectivity index (χ1) is 10.8. The van der Waals surface area contributed by atoms with Crippen LogP contribution in [0.15, 0.2) is 28.4 Å². The van der Waals surface area contributed by atoms with E-state index in [9.17, 15) is 4.79 Å². The summed E-state index contributed by atoms with van der Waals surface area (Å²) in [6.45, 7) is 1.61. The number of nitrogens with zero attached hydrogens (tertiary/aromatic N) is 1. The van der Waals surface area contributed by atoms with Crippen molar-refractivity contribution in [2.45, 2.75) is 31.6 Å². The highest BCUT2D eigenvalue weighted by Crippen LogP contribution is 2.15. The first-order valence-corrected chi connectivity index (χ1v) is 9.01. The molecule has 2 atom stereocenters. The van der Waals surface area contributed by atoms with E-state index in [1.165, 1.54) is 0 Å². The third kappa shape index (κ3) is 4.36. The summed E-state index contributed by atoms with van der Waals surface area (Å²) in [6.07, 6.45) is 1.08. The van der Waals surface area contributed by atoms with Gasteiger partial charge in [0.05, 0.1) is 36.9 Å². The van der Waals surface area contributed by atoms with Gasteiger partial charge in [0.15, 0.2) is 0 Å². The lowest BCUT2D eigenvalue weighted by molar-refractivity contribution is -0.126. The maximum atomic E-state index is 12.1. The number of rotatable bonds is 6. The molecule has 0 bridgehead atoms. The molecule has 7 heteroatoms. The van der Waals surface area contributed by atoms with Crippen LogP contribution >= 0.6 is 22.7 Å². The van der Waals surface area contributed by atoms with Crippen LogP contribution in [0.5, 0.6) is 0 Å². The van der Waals surface area contributed by atoms with Gasteiger partial charge in [0.1, 0.15) is 6.10 Å². The van der Waals surface area contributed by atoms with E-state index in [2.05, 4.69) is 10.3 Å². The van der Waals surface area contributed by atoms with E-state index in [0.29, 0.717) is 26.2 Å². The molecule has 2 aromatic rings. The molecule has 1 aliphatic heterocycles. The molecular weight excluding hydrogens is 320 g/mol. The second kappa shape index (κ2) is 7.82. The average molecular weight is 338 g/mol. The van der Waals surface area contributed by atoms with Gasteiger partial charge in [0.2, 0.25) is 5.91 Å². The summed E-state index contributed by atoms with van der Waals surface area (Å²) in [5.41, 5.74) is 2.70. The van der Waals surface area contributed by atoms with E-state index in [4.69, 9.17) is 9.47 Å². The minimum Gasteiger partial charge on any atom is -0.379 e. The average Bonchev–Trinajstić information content (AvgIpc) is 3.19. The molecule has 1 saturated heterocycles. The molecule has 118 valence electrons. The van der Waals surface area contributed by atoms with Crippen LogP contribution < -0.4 is 5.32 Å². The molecule has 2 aromatic heterocycles. The lowest BCUT2D eigenvalue weighted by atomic mass is 10.1. The topological polar surface area (TPSA) is 60.5 Å². The third-order valence-electron chi connectivity index (χ3n) is 3.49. The lowest BCUT2D eigenvalue weighted by Gasteiger charge is -2.32. The van der Waals surface area contributed by atoms with Crippen molar-refractivity contribution in [3.8, 4) is 0 Å². The summed E-state index contributed by atoms with van der Waals surface area (Å²) in [4.78, 5) is 17.4. The minimum atomic E-state index is -0.122. The molecule has 1 N–H and O–H groups in total. The molecule has 0 unspecified atom stereocenters. The quantitative estimate of drug-likeness (QED) is 0.877. The van der Waals surface area contributed by atoms with Crippen LogP contribution in [0.2, 0.25) is 0 Å². The molecule has 0 radical (unpaired) electrons. The second-order valence-corrected chi connectivity index (χ2v) is 6.87. The van der Waals surface area contributed by atoms with E-state index in [-0.39, 0.29) is 18.1 Å². The van der Waals surface area contributed by atoms with E-state index in [1.54, 1.807) is 28.2 Å². The monoisotopic (exact) mass is 338 g/mol. The zero-order valence-electron chi connectivity index (χ0n) is 12.1. The van der Waals surface area contributed by atoms with Gasteiger partial charge in [0, 0.05) is 16.9 Å². The molecule has 0 aromatic carbocycles. The van der Waals surface area contributed by atoms with E-state index >= 15 is 0 Å². The Kier molecular flexibility index (Phi) is 5.55. The Bertz CT molecular complexity index is 572. The number of nitrogens with one attached hydrogen (secondary N) is 1. The number of carbonyl (C=O) groups excluding carboxylic acids is 1. The number of amides is 1. The van der Waals surface area contributed by atoms with Crippen LogP contribution in [0.3, 0.4) is 0 Å². The van der Waals surface area contributed by atoms with Crippen LogP contribution in [-0.2, 0) is 27.3 Å². The number of thiazole rings is 1. The summed E-state index contributed by atoms with van der Waals surface area (Å²) in [5, 5.41) is 7.03. The summed E-state index contributed by atoms with van der Waals surface area (Å²) < 4.78 is 11.4. The molecule has 0 spiro atoms. The van der Waals surface area contributed by atoms with Gasteiger partial charge in [-0.25, -0.2) is 4.98 Å². The third-order valence-corrected chi connectivity index (χ3v) is 5.01. The fourth-order valence-electron chi connectivity index (χ4n) is 2.37. The Morgan fingerprint density at radius 2 is 2.50 bits per heavy atom. The van der Waals surface area contributed by atoms with Gasteiger partial charge in [-0.15, -0.1) is 22.7 Å². The normalized spacial score (nSPS) is 21.6. The number of hydrogen-bond donors (Lipinski definition) is 1. The van der Waals surface area contributed by atoms with Crippen molar-refractivity contribution in [3.63, 3.8) is 0 Å². The molecule has 22 heavy (non-hydrogen) atoms. The summed E-state index contributed by atoms with van der Waals surface area (Å²) in [6, 6.07) is 3.94. The van der Waals surface area contributed by atoms with Crippen LogP contribution in [0.4, 0.5) is 0 Å². The highest BCUT2D eigenvalue weighted by molar-refractivity contribution is 7.10. The predicted molar refractivity (Wildman–Crippen MR) is 86.1 cm³/mol. The largest absolute Gasteiger partial charge is 0.379 e. The number of hydrogen-bond acceptors (Lipinski definition) is 6. The Morgan fingerprint density at radius 3 is 3.27 bits per heavy atom. The Labute approximate surface area is 137 Å². The highest BCUT2D eigenvalue weighted by Gasteiger charge is 2.28. The summed E-state index contributed by atoms with van der Waals surface area (Å²) in [7, 11) is 0. The zero-order valence-corrected chi connectivity index (χ0v) is 13.7. The lowest BCUT2D eigenvalue weighted by Crippen LogP contribution is -2.50. The molecule has 3 rings (SSSR count). The molecule has 0 aliphatic carbocycles. The van der Waals surface area contributed by atoms with Crippen LogP contribution in [0.1, 0.15) is 17.0 Å². The van der Waals surface area contributed by atoms with Crippen molar-refractivity contribution in [1.29, 1.82) is 0 Å². The maximum absolute atomic E-state index is 12.1. The van der Waals surface area contributed by atoms with Crippen molar-refractivity contribution in [3.05, 3.63) is 39.0 Å². The maximum Gasteiger partial charge on any atom is 0.225 e. The van der Waals surface area contributed by atoms with E-state index in [0.717, 1.165) is 17.0 Å². The van der Waals surface area contributed by atoms with Crippen molar-refractivity contribution < 1.29 is 14.3 Å².